The Hall–Kier alpha value is -6.33. The van der Waals surface area contributed by atoms with Gasteiger partial charge >= 0.3 is 5.97 Å². The van der Waals surface area contributed by atoms with Crippen LogP contribution >= 0.6 is 0 Å². The van der Waals surface area contributed by atoms with Crippen LogP contribution in [0.2, 0.25) is 0 Å². The zero-order chi connectivity index (χ0) is 46.9. The van der Waals surface area contributed by atoms with Crippen LogP contribution in [-0.4, -0.2) is 142 Å². The molecule has 5 heterocycles. The molecule has 6 bridgehead atoms. The van der Waals surface area contributed by atoms with Crippen LogP contribution in [0.3, 0.4) is 0 Å². The number of esters is 1. The van der Waals surface area contributed by atoms with Gasteiger partial charge in [-0.05, 0) is 83.3 Å². The molecular weight excluding hydrogens is 833 g/mol. The third-order valence-corrected chi connectivity index (χ3v) is 12.5. The predicted molar refractivity (Wildman–Crippen MR) is 242 cm³/mol. The lowest BCUT2D eigenvalue weighted by Gasteiger charge is -2.37. The predicted octanol–water partition coefficient (Wildman–Crippen LogP) is 3.57. The largest absolute Gasteiger partial charge is 0.508 e. The van der Waals surface area contributed by atoms with Crippen molar-refractivity contribution in [1.29, 1.82) is 0 Å². The van der Waals surface area contributed by atoms with Crippen LogP contribution in [-0.2, 0) is 57.7 Å². The van der Waals surface area contributed by atoms with Crippen LogP contribution in [0.1, 0.15) is 64.2 Å². The van der Waals surface area contributed by atoms with Gasteiger partial charge in [-0.15, -0.1) is 0 Å². The van der Waals surface area contributed by atoms with Crippen molar-refractivity contribution in [3.05, 3.63) is 71.5 Å². The first-order valence-corrected chi connectivity index (χ1v) is 22.1. The van der Waals surface area contributed by atoms with Crippen LogP contribution in [0.15, 0.2) is 54.9 Å². The Morgan fingerprint density at radius 3 is 2.55 bits per heavy atom. The fourth-order valence-electron chi connectivity index (χ4n) is 9.05. The number of hydrogen-bond acceptors (Lipinski definition) is 11. The van der Waals surface area contributed by atoms with Gasteiger partial charge < -0.3 is 39.6 Å². The molecule has 17 heteroatoms. The number of cyclic esters (lactones) is 1. The highest BCUT2D eigenvalue weighted by Crippen LogP contribution is 2.39. The van der Waals surface area contributed by atoms with Gasteiger partial charge in [-0.25, -0.2) is 5.43 Å². The van der Waals surface area contributed by atoms with Gasteiger partial charge in [0.2, 0.25) is 23.6 Å². The topological polar surface area (TPSA) is 207 Å². The number of phenols is 1. The third kappa shape index (κ3) is 10.3. The minimum Gasteiger partial charge on any atom is -0.508 e. The second-order valence-electron chi connectivity index (χ2n) is 18.7. The molecule has 4 atom stereocenters. The molecule has 0 aliphatic carbocycles. The standard InChI is InChI=1S/C48H60N8O9/c1-27(2)43(54(7)41(59)24-53(6)46(62)40-23-55(40)28(3)57)44(60)51-39-18-29-16-32(19-33(58)17-29)30-11-12-37-34(20-30)35(42(50-37)36-22-49-14-13-31(36)25-64-8)21-48(4,5)26-65-47(63)38-10-9-15-56(52-38)45(39)61/h11-14,16-17,19-20,22,27,38-40,43,50,52,58H,9-10,15,18,21,23-26H2,1-8H3,(H,51,60)/t38-,39-,40+,43-,55?/m0/s1. The maximum absolute atomic E-state index is 14.6. The first-order chi connectivity index (χ1) is 30.8. The van der Waals surface area contributed by atoms with Crippen LogP contribution in [0.25, 0.3) is 33.3 Å². The van der Waals surface area contributed by atoms with E-state index in [0.29, 0.717) is 37.0 Å². The molecule has 3 aliphatic rings. The first-order valence-electron chi connectivity index (χ1n) is 22.1. The molecule has 2 saturated heterocycles. The molecular formula is C48H60N8O9. The van der Waals surface area contributed by atoms with Crippen LogP contribution < -0.4 is 10.7 Å². The summed E-state index contributed by atoms with van der Waals surface area (Å²) in [5.74, 6) is -3.20. The summed E-state index contributed by atoms with van der Waals surface area (Å²) in [6.45, 7) is 9.66. The van der Waals surface area contributed by atoms with Crippen molar-refractivity contribution in [1.82, 2.24) is 40.4 Å². The Morgan fingerprint density at radius 2 is 1.85 bits per heavy atom. The highest BCUT2D eigenvalue weighted by Gasteiger charge is 2.44. The molecule has 2 aromatic heterocycles. The molecule has 2 aromatic carbocycles. The van der Waals surface area contributed by atoms with Gasteiger partial charge in [0, 0.05) is 75.4 Å². The van der Waals surface area contributed by atoms with Crippen molar-refractivity contribution < 1.29 is 43.3 Å². The number of rotatable bonds is 10. The average Bonchev–Trinajstić information content (AvgIpc) is 4.00. The Balaban J connectivity index is 1.24. The zero-order valence-electron chi connectivity index (χ0n) is 38.4. The third-order valence-electron chi connectivity index (χ3n) is 12.5. The summed E-state index contributed by atoms with van der Waals surface area (Å²) in [5.41, 5.74) is 9.12. The van der Waals surface area contributed by atoms with Crippen molar-refractivity contribution in [2.75, 3.05) is 47.4 Å². The number of nitrogens with zero attached hydrogens (tertiary/aromatic N) is 5. The number of hydrazine groups is 1. The maximum atomic E-state index is 14.6. The average molecular weight is 893 g/mol. The van der Waals surface area contributed by atoms with Gasteiger partial charge in [-0.1, -0.05) is 39.8 Å². The number of hydrogen-bond donors (Lipinski definition) is 4. The molecule has 0 radical (unpaired) electrons. The molecule has 0 spiro atoms. The molecule has 65 heavy (non-hydrogen) atoms. The highest BCUT2D eigenvalue weighted by molar-refractivity contribution is 5.97. The number of pyridine rings is 1. The number of ether oxygens (including phenoxy) is 2. The molecule has 5 amide bonds. The number of carbonyl (C=O) groups excluding carboxylic acids is 6. The minimum atomic E-state index is -1.21. The number of aromatic hydroxyl groups is 1. The van der Waals surface area contributed by atoms with Gasteiger partial charge in [0.05, 0.1) is 32.0 Å². The normalized spacial score (nSPS) is 20.2. The summed E-state index contributed by atoms with van der Waals surface area (Å²) in [4.78, 5) is 93.2. The van der Waals surface area contributed by atoms with Gasteiger partial charge in [0.15, 0.2) is 0 Å². The van der Waals surface area contributed by atoms with E-state index >= 15 is 0 Å². The molecule has 7 rings (SSSR count). The van der Waals surface area contributed by atoms with E-state index in [1.807, 2.05) is 44.3 Å². The summed E-state index contributed by atoms with van der Waals surface area (Å²) < 4.78 is 11.6. The van der Waals surface area contributed by atoms with Gasteiger partial charge in [0.25, 0.3) is 5.91 Å². The smallest absolute Gasteiger partial charge is 0.324 e. The van der Waals surface area contributed by atoms with E-state index in [1.165, 1.54) is 40.7 Å². The number of nitrogens with one attached hydrogen (secondary N) is 3. The number of likely N-dealkylation sites (N-methyl/N-ethyl adjacent to an activating group) is 2. The molecule has 2 fully saturated rings. The number of methoxy groups -OCH3 is 1. The van der Waals surface area contributed by atoms with Crippen LogP contribution in [0.5, 0.6) is 5.75 Å². The number of aromatic amines is 1. The van der Waals surface area contributed by atoms with E-state index in [0.717, 1.165) is 38.9 Å². The van der Waals surface area contributed by atoms with Gasteiger partial charge in [-0.2, -0.15) is 0 Å². The molecule has 0 unspecified atom stereocenters. The SMILES string of the molecule is COCc1ccncc1-c1[nH]c2ccc3cc2c1CC(C)(C)COC(=O)[C@@H]1CCCN(N1)C(=O)[C@@H](NC(=O)[C@H](C(C)C)N(C)C(=O)CN(C)C(=O)[C@H]1CN1C(C)=O)Cc1cc(O)cc-3c1. The molecule has 3 aliphatic heterocycles. The van der Waals surface area contributed by atoms with Crippen molar-refractivity contribution in [3.63, 3.8) is 0 Å². The van der Waals surface area contributed by atoms with Crippen LogP contribution in [0.4, 0.5) is 0 Å². The lowest BCUT2D eigenvalue weighted by molar-refractivity contribution is -0.155. The Kier molecular flexibility index (Phi) is 13.7. The number of amides is 5. The van der Waals surface area contributed by atoms with Crippen molar-refractivity contribution in [2.45, 2.75) is 91.1 Å². The summed E-state index contributed by atoms with van der Waals surface area (Å²) in [7, 11) is 4.60. The van der Waals surface area contributed by atoms with E-state index in [9.17, 15) is 33.9 Å². The molecule has 4 aromatic rings. The van der Waals surface area contributed by atoms with Crippen molar-refractivity contribution in [2.24, 2.45) is 11.3 Å². The maximum Gasteiger partial charge on any atom is 0.324 e. The number of benzene rings is 2. The van der Waals surface area contributed by atoms with E-state index in [2.05, 4.69) is 26.8 Å². The Bertz CT molecular complexity index is 2500. The van der Waals surface area contributed by atoms with E-state index in [1.54, 1.807) is 39.3 Å². The summed E-state index contributed by atoms with van der Waals surface area (Å²) in [6.07, 6.45) is 4.91. The van der Waals surface area contributed by atoms with E-state index < -0.39 is 59.2 Å². The fourth-order valence-corrected chi connectivity index (χ4v) is 9.05. The Labute approximate surface area is 378 Å². The van der Waals surface area contributed by atoms with Gasteiger partial charge in [-0.3, -0.25) is 38.8 Å². The number of phenolic OH excluding ortho intramolecular Hbond substituents is 1. The molecule has 4 N–H and O–H groups in total. The summed E-state index contributed by atoms with van der Waals surface area (Å²) in [6, 6.07) is 9.29. The van der Waals surface area contributed by atoms with E-state index in [4.69, 9.17) is 9.47 Å². The molecule has 0 saturated carbocycles. The second kappa shape index (κ2) is 19.0. The summed E-state index contributed by atoms with van der Waals surface area (Å²) in [5, 5.41) is 16.4. The zero-order valence-corrected chi connectivity index (χ0v) is 38.4. The lowest BCUT2D eigenvalue weighted by atomic mass is 9.84. The molecule has 346 valence electrons. The van der Waals surface area contributed by atoms with Crippen LogP contribution in [0, 0.1) is 11.3 Å². The second-order valence-corrected chi connectivity index (χ2v) is 18.7. The number of aromatic nitrogens is 2. The number of H-pyrrole nitrogens is 1. The van der Waals surface area contributed by atoms with Gasteiger partial charge in [0.1, 0.15) is 29.9 Å². The van der Waals surface area contributed by atoms with Crippen molar-refractivity contribution in [3.8, 4) is 28.1 Å². The Morgan fingerprint density at radius 1 is 1.08 bits per heavy atom. The number of fused-ring (bicyclic) bond motifs is 6. The highest BCUT2D eigenvalue weighted by atomic mass is 16.5. The summed E-state index contributed by atoms with van der Waals surface area (Å²) >= 11 is 0. The first kappa shape index (κ1) is 46.7. The van der Waals surface area contributed by atoms with Crippen molar-refractivity contribution >= 4 is 46.4 Å². The quantitative estimate of drug-likeness (QED) is 0.134. The monoisotopic (exact) mass is 892 g/mol. The fraction of sp³-hybridized carbons (Fsp3) is 0.479. The lowest BCUT2D eigenvalue weighted by Crippen LogP contribution is -2.62. The van der Waals surface area contributed by atoms with E-state index in [-0.39, 0.29) is 50.2 Å². The minimum absolute atomic E-state index is 0.0409. The number of carbonyl (C=O) groups is 6. The molecule has 17 nitrogen and oxygen atoms in total.